The van der Waals surface area contributed by atoms with Gasteiger partial charge in [-0.1, -0.05) is 36.4 Å². The van der Waals surface area contributed by atoms with E-state index >= 15 is 0 Å². The van der Waals surface area contributed by atoms with Crippen LogP contribution in [0, 0.1) is 6.92 Å². The molecule has 38 heavy (non-hydrogen) atoms. The number of amides is 1. The second kappa shape index (κ2) is 11.9. The number of ketones is 1. The first kappa shape index (κ1) is 26.2. The minimum absolute atomic E-state index is 0.143. The lowest BCUT2D eigenvalue weighted by Gasteiger charge is -2.28. The third kappa shape index (κ3) is 5.67. The molecule has 3 heterocycles. The number of Topliss-reactive ketones (excluding diaryl/α,β-unsaturated/α-hetero) is 1. The molecule has 0 saturated carbocycles. The van der Waals surface area contributed by atoms with Crippen molar-refractivity contribution in [1.29, 1.82) is 0 Å². The Hall–Kier alpha value is -3.46. The lowest BCUT2D eigenvalue weighted by atomic mass is 9.97. The van der Waals surface area contributed by atoms with Gasteiger partial charge < -0.3 is 19.5 Å². The predicted octanol–water partition coefficient (Wildman–Crippen LogP) is 4.78. The van der Waals surface area contributed by atoms with E-state index in [-0.39, 0.29) is 11.3 Å². The summed E-state index contributed by atoms with van der Waals surface area (Å²) in [7, 11) is 0. The highest BCUT2D eigenvalue weighted by Gasteiger charge is 2.46. The summed E-state index contributed by atoms with van der Waals surface area (Å²) in [6.45, 7) is 6.74. The molecule has 7 nitrogen and oxygen atoms in total. The van der Waals surface area contributed by atoms with E-state index in [0.29, 0.717) is 24.5 Å². The van der Waals surface area contributed by atoms with Crippen LogP contribution in [0.4, 0.5) is 0 Å². The Bertz CT molecular complexity index is 1300. The predicted molar refractivity (Wildman–Crippen MR) is 147 cm³/mol. The molecule has 2 aliphatic heterocycles. The number of rotatable bonds is 9. The van der Waals surface area contributed by atoms with Gasteiger partial charge in [0.1, 0.15) is 18.1 Å². The second-order valence-electron chi connectivity index (χ2n) is 9.57. The summed E-state index contributed by atoms with van der Waals surface area (Å²) in [5, 5.41) is 13.3. The van der Waals surface area contributed by atoms with Crippen LogP contribution in [-0.4, -0.2) is 66.0 Å². The molecule has 5 rings (SSSR count). The van der Waals surface area contributed by atoms with Crippen molar-refractivity contribution in [3.05, 3.63) is 93.2 Å². The van der Waals surface area contributed by atoms with Gasteiger partial charge >= 0.3 is 0 Å². The Kier molecular flexibility index (Phi) is 8.22. The summed E-state index contributed by atoms with van der Waals surface area (Å²) >= 11 is 1.48. The van der Waals surface area contributed by atoms with E-state index in [1.54, 1.807) is 17.0 Å². The third-order valence-electron chi connectivity index (χ3n) is 7.03. The van der Waals surface area contributed by atoms with E-state index in [9.17, 15) is 14.7 Å². The summed E-state index contributed by atoms with van der Waals surface area (Å²) in [6.07, 6.45) is 0.738. The van der Waals surface area contributed by atoms with Gasteiger partial charge in [-0.05, 0) is 54.1 Å². The molecule has 1 aromatic heterocycles. The van der Waals surface area contributed by atoms with Crippen LogP contribution in [0.5, 0.6) is 5.75 Å². The van der Waals surface area contributed by atoms with Crippen molar-refractivity contribution in [3.8, 4) is 5.75 Å². The molecule has 0 spiro atoms. The lowest BCUT2D eigenvalue weighted by Crippen LogP contribution is -2.38. The average Bonchev–Trinajstić information content (AvgIpc) is 3.56. The molecular formula is C30H32N2O5S. The molecule has 2 aromatic carbocycles. The van der Waals surface area contributed by atoms with E-state index in [4.69, 9.17) is 9.47 Å². The largest absolute Gasteiger partial charge is 0.507 e. The van der Waals surface area contributed by atoms with E-state index in [2.05, 4.69) is 4.90 Å². The average molecular weight is 533 g/mol. The van der Waals surface area contributed by atoms with E-state index in [1.165, 1.54) is 11.3 Å². The first-order chi connectivity index (χ1) is 18.5. The fourth-order valence-corrected chi connectivity index (χ4v) is 5.87. The van der Waals surface area contributed by atoms with Crippen LogP contribution in [0.2, 0.25) is 0 Å². The fraction of sp³-hybridized carbons (Fsp3) is 0.333. The standard InChI is InChI=1S/C30H32N2O5S/c1-21-19-23(37-20-22-7-3-2-4-8-22)10-11-24(21)28(33)26-27(25-9-5-18-38-25)32(30(35)29(26)34)13-6-12-31-14-16-36-17-15-31/h2-5,7-11,18-19,27,33H,6,12-17,20H2,1H3/t27-/m0/s1. The van der Waals surface area contributed by atoms with Gasteiger partial charge in [0.05, 0.1) is 24.8 Å². The molecular weight excluding hydrogens is 500 g/mol. The van der Waals surface area contributed by atoms with Crippen LogP contribution in [0.15, 0.2) is 71.6 Å². The number of likely N-dealkylation sites (tertiary alicyclic amines) is 1. The van der Waals surface area contributed by atoms with Crippen LogP contribution < -0.4 is 4.74 Å². The number of aliphatic hydroxyl groups is 1. The molecule has 0 aliphatic carbocycles. The quantitative estimate of drug-likeness (QED) is 0.243. The maximum absolute atomic E-state index is 13.3. The van der Waals surface area contributed by atoms with E-state index in [1.807, 2.05) is 60.8 Å². The monoisotopic (exact) mass is 532 g/mol. The Labute approximate surface area is 226 Å². The maximum atomic E-state index is 13.3. The van der Waals surface area contributed by atoms with Crippen molar-refractivity contribution in [1.82, 2.24) is 9.80 Å². The minimum Gasteiger partial charge on any atom is -0.507 e. The van der Waals surface area contributed by atoms with Crippen LogP contribution in [0.1, 0.15) is 34.0 Å². The summed E-state index contributed by atoms with van der Waals surface area (Å²) in [5.41, 5.74) is 2.48. The number of aryl methyl sites for hydroxylation is 1. The topological polar surface area (TPSA) is 79.3 Å². The molecule has 0 unspecified atom stereocenters. The third-order valence-corrected chi connectivity index (χ3v) is 7.96. The molecule has 198 valence electrons. The number of ether oxygens (including phenoxy) is 2. The molecule has 0 bridgehead atoms. The van der Waals surface area contributed by atoms with Crippen LogP contribution in [0.3, 0.4) is 0 Å². The van der Waals surface area contributed by atoms with Crippen LogP contribution in [-0.2, 0) is 20.9 Å². The van der Waals surface area contributed by atoms with Crippen molar-refractivity contribution >= 4 is 28.8 Å². The molecule has 2 aliphatic rings. The van der Waals surface area contributed by atoms with Crippen LogP contribution in [0.25, 0.3) is 5.76 Å². The number of hydrogen-bond donors (Lipinski definition) is 1. The number of carbonyl (C=O) groups is 2. The zero-order chi connectivity index (χ0) is 26.5. The molecule has 2 fully saturated rings. The van der Waals surface area contributed by atoms with Gasteiger partial charge in [0.15, 0.2) is 0 Å². The van der Waals surface area contributed by atoms with Crippen molar-refractivity contribution in [3.63, 3.8) is 0 Å². The Morgan fingerprint density at radius 1 is 1.05 bits per heavy atom. The molecule has 0 radical (unpaired) electrons. The van der Waals surface area contributed by atoms with Gasteiger partial charge in [-0.15, -0.1) is 11.3 Å². The zero-order valence-electron chi connectivity index (χ0n) is 21.5. The summed E-state index contributed by atoms with van der Waals surface area (Å²) < 4.78 is 11.3. The molecule has 2 saturated heterocycles. The minimum atomic E-state index is -0.643. The number of nitrogens with zero attached hydrogens (tertiary/aromatic N) is 2. The number of aliphatic hydroxyl groups excluding tert-OH is 1. The fourth-order valence-electron chi connectivity index (χ4n) is 5.02. The molecule has 1 atom stereocenters. The SMILES string of the molecule is Cc1cc(OCc2ccccc2)ccc1C(O)=C1C(=O)C(=O)N(CCCN2CCOCC2)[C@H]1c1cccs1. The normalized spacial score (nSPS) is 19.7. The van der Waals surface area contributed by atoms with Crippen molar-refractivity contribution < 1.29 is 24.2 Å². The Morgan fingerprint density at radius 2 is 1.84 bits per heavy atom. The molecule has 1 amide bonds. The number of benzene rings is 2. The smallest absolute Gasteiger partial charge is 0.295 e. The van der Waals surface area contributed by atoms with Gasteiger partial charge in [0.2, 0.25) is 0 Å². The Balaban J connectivity index is 1.38. The first-order valence-electron chi connectivity index (χ1n) is 12.9. The Morgan fingerprint density at radius 3 is 2.55 bits per heavy atom. The molecule has 8 heteroatoms. The maximum Gasteiger partial charge on any atom is 0.295 e. The summed E-state index contributed by atoms with van der Waals surface area (Å²) in [6, 6.07) is 18.5. The lowest BCUT2D eigenvalue weighted by molar-refractivity contribution is -0.140. The van der Waals surface area contributed by atoms with Crippen molar-refractivity contribution in [2.75, 3.05) is 39.4 Å². The van der Waals surface area contributed by atoms with E-state index < -0.39 is 17.7 Å². The zero-order valence-corrected chi connectivity index (χ0v) is 22.3. The molecule has 1 N–H and O–H groups in total. The summed E-state index contributed by atoms with van der Waals surface area (Å²) in [5.74, 6) is -0.686. The van der Waals surface area contributed by atoms with Gasteiger partial charge in [-0.3, -0.25) is 14.5 Å². The van der Waals surface area contributed by atoms with Crippen LogP contribution >= 0.6 is 11.3 Å². The van der Waals surface area contributed by atoms with Gasteiger partial charge in [-0.25, -0.2) is 0 Å². The highest BCUT2D eigenvalue weighted by atomic mass is 32.1. The first-order valence-corrected chi connectivity index (χ1v) is 13.8. The second-order valence-corrected chi connectivity index (χ2v) is 10.5. The number of hydrogen-bond acceptors (Lipinski definition) is 7. The summed E-state index contributed by atoms with van der Waals surface area (Å²) in [4.78, 5) is 31.3. The van der Waals surface area contributed by atoms with Crippen molar-refractivity contribution in [2.24, 2.45) is 0 Å². The van der Waals surface area contributed by atoms with Gasteiger partial charge in [-0.2, -0.15) is 0 Å². The van der Waals surface area contributed by atoms with E-state index in [0.717, 1.165) is 55.3 Å². The highest BCUT2D eigenvalue weighted by molar-refractivity contribution is 7.10. The number of carbonyl (C=O) groups excluding carboxylic acids is 2. The number of morpholine rings is 1. The van der Waals surface area contributed by atoms with Gasteiger partial charge in [0, 0.05) is 36.6 Å². The van der Waals surface area contributed by atoms with Crippen molar-refractivity contribution in [2.45, 2.75) is 26.0 Å². The highest BCUT2D eigenvalue weighted by Crippen LogP contribution is 2.41. The number of thiophene rings is 1. The molecule has 3 aromatic rings. The van der Waals surface area contributed by atoms with Gasteiger partial charge in [0.25, 0.3) is 11.7 Å².